The second-order valence-corrected chi connectivity index (χ2v) is 4.43. The van der Waals surface area contributed by atoms with Gasteiger partial charge in [-0.05, 0) is 12.1 Å². The van der Waals surface area contributed by atoms with Crippen molar-refractivity contribution in [2.45, 2.75) is 0 Å². The number of nitrogens with one attached hydrogen (secondary N) is 1. The van der Waals surface area contributed by atoms with Crippen LogP contribution in [0.1, 0.15) is 0 Å². The standard InChI is InChI=1S/C16H16N2O5/c1-21-13-8-7-10-5-4-6-11(15(10)18-13)17-12(16(20)23-3)9-14(19)22-2/h4-9,17H,1-3H3/b12-9+. The zero-order chi connectivity index (χ0) is 16.8. The van der Waals surface area contributed by atoms with E-state index in [-0.39, 0.29) is 5.70 Å². The predicted molar refractivity (Wildman–Crippen MR) is 84.0 cm³/mol. The van der Waals surface area contributed by atoms with E-state index in [9.17, 15) is 9.59 Å². The molecule has 0 aliphatic carbocycles. The summed E-state index contributed by atoms with van der Waals surface area (Å²) in [6.45, 7) is 0. The average Bonchev–Trinajstić information content (AvgIpc) is 2.60. The van der Waals surface area contributed by atoms with Crippen molar-refractivity contribution in [3.8, 4) is 5.88 Å². The SMILES string of the molecule is COC(=O)/C=C(/Nc1cccc2ccc(OC)nc12)C(=O)OC. The monoisotopic (exact) mass is 316 g/mol. The Kier molecular flexibility index (Phi) is 5.14. The van der Waals surface area contributed by atoms with Crippen molar-refractivity contribution in [2.75, 3.05) is 26.6 Å². The van der Waals surface area contributed by atoms with Gasteiger partial charge >= 0.3 is 11.9 Å². The number of hydrogen-bond acceptors (Lipinski definition) is 7. The number of rotatable bonds is 5. The van der Waals surface area contributed by atoms with Gasteiger partial charge in [0.25, 0.3) is 0 Å². The minimum absolute atomic E-state index is 0.0588. The number of aromatic nitrogens is 1. The molecule has 0 bridgehead atoms. The summed E-state index contributed by atoms with van der Waals surface area (Å²) in [5.41, 5.74) is 1.06. The maximum atomic E-state index is 11.8. The molecule has 0 amide bonds. The molecule has 2 rings (SSSR count). The molecule has 120 valence electrons. The fraction of sp³-hybridized carbons (Fsp3) is 0.188. The number of fused-ring (bicyclic) bond motifs is 1. The number of methoxy groups -OCH3 is 3. The molecule has 7 nitrogen and oxygen atoms in total. The number of carbonyl (C=O) groups is 2. The highest BCUT2D eigenvalue weighted by Gasteiger charge is 2.14. The summed E-state index contributed by atoms with van der Waals surface area (Å²) in [5.74, 6) is -0.942. The summed E-state index contributed by atoms with van der Waals surface area (Å²) in [5, 5.41) is 3.70. The molecule has 0 saturated heterocycles. The van der Waals surface area contributed by atoms with Gasteiger partial charge in [0, 0.05) is 11.5 Å². The highest BCUT2D eigenvalue weighted by Crippen LogP contribution is 2.25. The molecule has 1 N–H and O–H groups in total. The quantitative estimate of drug-likeness (QED) is 0.665. The lowest BCUT2D eigenvalue weighted by atomic mass is 10.2. The van der Waals surface area contributed by atoms with Crippen LogP contribution >= 0.6 is 0 Å². The van der Waals surface area contributed by atoms with Crippen molar-refractivity contribution in [1.82, 2.24) is 4.98 Å². The Morgan fingerprint density at radius 2 is 1.87 bits per heavy atom. The average molecular weight is 316 g/mol. The van der Waals surface area contributed by atoms with Crippen LogP contribution in [0.5, 0.6) is 5.88 Å². The van der Waals surface area contributed by atoms with Gasteiger partial charge in [-0.15, -0.1) is 0 Å². The second-order valence-electron chi connectivity index (χ2n) is 4.43. The predicted octanol–water partition coefficient (Wildman–Crippen LogP) is 1.89. The van der Waals surface area contributed by atoms with Gasteiger partial charge in [0.05, 0.1) is 38.6 Å². The summed E-state index contributed by atoms with van der Waals surface area (Å²) in [6.07, 6.45) is 1.02. The van der Waals surface area contributed by atoms with Crippen LogP contribution < -0.4 is 10.1 Å². The first-order valence-electron chi connectivity index (χ1n) is 6.67. The van der Waals surface area contributed by atoms with E-state index in [1.807, 2.05) is 12.1 Å². The molecule has 0 fully saturated rings. The van der Waals surface area contributed by atoms with Crippen LogP contribution in [0.2, 0.25) is 0 Å². The van der Waals surface area contributed by atoms with E-state index in [1.165, 1.54) is 21.3 Å². The third-order valence-electron chi connectivity index (χ3n) is 3.04. The van der Waals surface area contributed by atoms with Gasteiger partial charge < -0.3 is 19.5 Å². The fourth-order valence-corrected chi connectivity index (χ4v) is 1.92. The summed E-state index contributed by atoms with van der Waals surface area (Å²) in [4.78, 5) is 27.6. The number of benzene rings is 1. The van der Waals surface area contributed by atoms with Gasteiger partial charge in [0.2, 0.25) is 5.88 Å². The van der Waals surface area contributed by atoms with Crippen LogP contribution in [0.3, 0.4) is 0 Å². The first-order chi connectivity index (χ1) is 11.1. The summed E-state index contributed by atoms with van der Waals surface area (Å²) in [7, 11) is 3.96. The molecule has 1 aromatic carbocycles. The molecule has 1 aromatic heterocycles. The highest BCUT2D eigenvalue weighted by atomic mass is 16.5. The molecule has 0 atom stereocenters. The fourth-order valence-electron chi connectivity index (χ4n) is 1.92. The van der Waals surface area contributed by atoms with E-state index in [0.717, 1.165) is 11.5 Å². The molecular formula is C16H16N2O5. The normalized spacial score (nSPS) is 11.0. The molecule has 0 radical (unpaired) electrons. The largest absolute Gasteiger partial charge is 0.481 e. The van der Waals surface area contributed by atoms with Gasteiger partial charge in [-0.25, -0.2) is 14.6 Å². The number of carbonyl (C=O) groups excluding carboxylic acids is 2. The Bertz CT molecular complexity index is 770. The molecule has 0 unspecified atom stereocenters. The Morgan fingerprint density at radius 1 is 1.09 bits per heavy atom. The molecule has 0 saturated carbocycles. The lowest BCUT2D eigenvalue weighted by molar-refractivity contribution is -0.138. The Morgan fingerprint density at radius 3 is 2.52 bits per heavy atom. The van der Waals surface area contributed by atoms with Gasteiger partial charge in [-0.1, -0.05) is 12.1 Å². The van der Waals surface area contributed by atoms with E-state index >= 15 is 0 Å². The van der Waals surface area contributed by atoms with Gasteiger partial charge in [0.1, 0.15) is 5.70 Å². The Balaban J connectivity index is 2.47. The van der Waals surface area contributed by atoms with Crippen LogP contribution in [0.25, 0.3) is 10.9 Å². The summed E-state index contributed by atoms with van der Waals surface area (Å²) in [6, 6.07) is 8.97. The van der Waals surface area contributed by atoms with Crippen molar-refractivity contribution in [3.63, 3.8) is 0 Å². The number of hydrogen-bond donors (Lipinski definition) is 1. The van der Waals surface area contributed by atoms with Crippen molar-refractivity contribution in [3.05, 3.63) is 42.1 Å². The van der Waals surface area contributed by atoms with Gasteiger partial charge in [-0.3, -0.25) is 0 Å². The van der Waals surface area contributed by atoms with Crippen LogP contribution in [-0.2, 0) is 19.1 Å². The molecule has 0 spiro atoms. The van der Waals surface area contributed by atoms with E-state index in [2.05, 4.69) is 19.8 Å². The number of anilines is 1. The second kappa shape index (κ2) is 7.26. The number of ether oxygens (including phenoxy) is 3. The van der Waals surface area contributed by atoms with E-state index in [4.69, 9.17) is 4.74 Å². The number of esters is 2. The smallest absolute Gasteiger partial charge is 0.354 e. The third-order valence-corrected chi connectivity index (χ3v) is 3.04. The summed E-state index contributed by atoms with van der Waals surface area (Å²) >= 11 is 0. The molecule has 2 aromatic rings. The van der Waals surface area contributed by atoms with E-state index in [1.54, 1.807) is 18.2 Å². The zero-order valence-corrected chi connectivity index (χ0v) is 13.0. The molecule has 0 aliphatic heterocycles. The van der Waals surface area contributed by atoms with Crippen molar-refractivity contribution >= 4 is 28.5 Å². The molecule has 7 heteroatoms. The van der Waals surface area contributed by atoms with Crippen molar-refractivity contribution in [1.29, 1.82) is 0 Å². The molecule has 0 aliphatic rings. The van der Waals surface area contributed by atoms with Gasteiger partial charge in [-0.2, -0.15) is 0 Å². The minimum Gasteiger partial charge on any atom is -0.481 e. The van der Waals surface area contributed by atoms with Crippen LogP contribution in [0.15, 0.2) is 42.1 Å². The first kappa shape index (κ1) is 16.3. The van der Waals surface area contributed by atoms with Crippen molar-refractivity contribution < 1.29 is 23.8 Å². The lowest BCUT2D eigenvalue weighted by Gasteiger charge is -2.11. The van der Waals surface area contributed by atoms with Crippen LogP contribution in [0, 0.1) is 0 Å². The van der Waals surface area contributed by atoms with Gasteiger partial charge in [0.15, 0.2) is 0 Å². The number of nitrogens with zero attached hydrogens (tertiary/aromatic N) is 1. The van der Waals surface area contributed by atoms with E-state index < -0.39 is 11.9 Å². The highest BCUT2D eigenvalue weighted by molar-refractivity contribution is 6.01. The topological polar surface area (TPSA) is 86.8 Å². The molecule has 23 heavy (non-hydrogen) atoms. The zero-order valence-electron chi connectivity index (χ0n) is 13.0. The van der Waals surface area contributed by atoms with Crippen LogP contribution in [0.4, 0.5) is 5.69 Å². The Hall–Kier alpha value is -3.09. The maximum absolute atomic E-state index is 11.8. The lowest BCUT2D eigenvalue weighted by Crippen LogP contribution is -2.15. The molecular weight excluding hydrogens is 300 g/mol. The van der Waals surface area contributed by atoms with Crippen molar-refractivity contribution in [2.24, 2.45) is 0 Å². The molecule has 1 heterocycles. The maximum Gasteiger partial charge on any atom is 0.354 e. The Labute approximate surface area is 132 Å². The number of pyridine rings is 1. The first-order valence-corrected chi connectivity index (χ1v) is 6.67. The minimum atomic E-state index is -0.699. The number of para-hydroxylation sites is 1. The van der Waals surface area contributed by atoms with E-state index in [0.29, 0.717) is 17.1 Å². The third kappa shape index (κ3) is 3.76. The van der Waals surface area contributed by atoms with Crippen LogP contribution in [-0.4, -0.2) is 38.3 Å². The summed E-state index contributed by atoms with van der Waals surface area (Å²) < 4.78 is 14.3.